The van der Waals surface area contributed by atoms with Crippen molar-refractivity contribution in [2.24, 2.45) is 5.84 Å². The van der Waals surface area contributed by atoms with Gasteiger partial charge in [0, 0.05) is 24.0 Å². The number of fused-ring (bicyclic) bond motifs is 1. The fourth-order valence-electron chi connectivity index (χ4n) is 2.95. The van der Waals surface area contributed by atoms with E-state index >= 15 is 0 Å². The lowest BCUT2D eigenvalue weighted by molar-refractivity contribution is 0.393. The Hall–Kier alpha value is -1.49. The molecule has 1 aliphatic rings. The predicted octanol–water partition coefficient (Wildman–Crippen LogP) is 2.75. The van der Waals surface area contributed by atoms with Gasteiger partial charge in [0.05, 0.1) is 16.8 Å². The normalized spacial score (nSPS) is 19.4. The highest BCUT2D eigenvalue weighted by molar-refractivity contribution is 6.30. The van der Waals surface area contributed by atoms with Crippen molar-refractivity contribution >= 4 is 11.6 Å². The summed E-state index contributed by atoms with van der Waals surface area (Å²) in [6.07, 6.45) is 6.80. The van der Waals surface area contributed by atoms with Crippen molar-refractivity contribution < 1.29 is 0 Å². The lowest BCUT2D eigenvalue weighted by Crippen LogP contribution is -2.35. The first-order chi connectivity index (χ1) is 9.79. The fourth-order valence-corrected chi connectivity index (χ4v) is 3.06. The first kappa shape index (κ1) is 13.5. The number of nitrogens with zero attached hydrogens (tertiary/aromatic N) is 2. The van der Waals surface area contributed by atoms with E-state index in [-0.39, 0.29) is 12.0 Å². The van der Waals surface area contributed by atoms with Crippen LogP contribution in [0.3, 0.4) is 0 Å². The van der Waals surface area contributed by atoms with Crippen molar-refractivity contribution in [3.63, 3.8) is 0 Å². The number of aryl methyl sites for hydroxylation is 1. The summed E-state index contributed by atoms with van der Waals surface area (Å²) < 4.78 is 0. The van der Waals surface area contributed by atoms with E-state index in [1.807, 2.05) is 24.4 Å². The Bertz CT molecular complexity index is 585. The number of nitrogens with two attached hydrogens (primary N) is 1. The molecule has 2 atom stereocenters. The summed E-state index contributed by atoms with van der Waals surface area (Å²) in [6, 6.07) is 7.87. The van der Waals surface area contributed by atoms with Crippen LogP contribution in [0.1, 0.15) is 41.8 Å². The smallest absolute Gasteiger partial charge is 0.0715 e. The monoisotopic (exact) mass is 288 g/mol. The molecule has 3 N–H and O–H groups in total. The molecule has 0 bridgehead atoms. The highest BCUT2D eigenvalue weighted by atomic mass is 35.5. The van der Waals surface area contributed by atoms with Gasteiger partial charge in [0.25, 0.3) is 0 Å². The molecule has 2 heterocycles. The Labute approximate surface area is 123 Å². The predicted molar refractivity (Wildman–Crippen MR) is 79.2 cm³/mol. The van der Waals surface area contributed by atoms with E-state index < -0.39 is 0 Å². The zero-order valence-electron chi connectivity index (χ0n) is 11.1. The van der Waals surface area contributed by atoms with Crippen LogP contribution in [0.5, 0.6) is 0 Å². The van der Waals surface area contributed by atoms with E-state index in [2.05, 4.69) is 21.5 Å². The molecule has 2 aromatic heterocycles. The van der Waals surface area contributed by atoms with Crippen LogP contribution in [0.2, 0.25) is 5.02 Å². The van der Waals surface area contributed by atoms with Gasteiger partial charge in [-0.05, 0) is 43.0 Å². The Kier molecular flexibility index (Phi) is 3.96. The van der Waals surface area contributed by atoms with Gasteiger partial charge in [-0.15, -0.1) is 0 Å². The highest BCUT2D eigenvalue weighted by Gasteiger charge is 2.30. The summed E-state index contributed by atoms with van der Waals surface area (Å²) in [4.78, 5) is 8.96. The number of nitrogens with one attached hydrogen (secondary N) is 1. The van der Waals surface area contributed by atoms with Gasteiger partial charge in [0.1, 0.15) is 0 Å². The lowest BCUT2D eigenvalue weighted by Gasteiger charge is -2.30. The van der Waals surface area contributed by atoms with Crippen LogP contribution in [0.15, 0.2) is 36.7 Å². The molecule has 1 aliphatic carbocycles. The zero-order valence-corrected chi connectivity index (χ0v) is 11.8. The molecule has 0 spiro atoms. The summed E-state index contributed by atoms with van der Waals surface area (Å²) in [5.41, 5.74) is 6.26. The maximum absolute atomic E-state index is 5.90. The number of rotatable bonds is 3. The van der Waals surface area contributed by atoms with E-state index in [9.17, 15) is 0 Å². The van der Waals surface area contributed by atoms with Crippen LogP contribution in [-0.2, 0) is 6.42 Å². The van der Waals surface area contributed by atoms with Gasteiger partial charge in [-0.2, -0.15) is 0 Å². The molecule has 0 fully saturated rings. The Morgan fingerprint density at radius 3 is 2.95 bits per heavy atom. The van der Waals surface area contributed by atoms with Gasteiger partial charge in [-0.25, -0.2) is 0 Å². The van der Waals surface area contributed by atoms with E-state index in [0.29, 0.717) is 5.02 Å². The molecule has 3 rings (SSSR count). The third-order valence-corrected chi connectivity index (χ3v) is 4.11. The topological polar surface area (TPSA) is 63.8 Å². The Morgan fingerprint density at radius 2 is 2.20 bits per heavy atom. The SMILES string of the molecule is NNC(c1ccc(Cl)cn1)C1CCCc2cccnc21. The maximum Gasteiger partial charge on any atom is 0.0715 e. The van der Waals surface area contributed by atoms with Crippen molar-refractivity contribution in [1.82, 2.24) is 15.4 Å². The van der Waals surface area contributed by atoms with Crippen molar-refractivity contribution in [3.05, 3.63) is 58.6 Å². The fraction of sp³-hybridized carbons (Fsp3) is 0.333. The molecule has 20 heavy (non-hydrogen) atoms. The summed E-state index contributed by atoms with van der Waals surface area (Å²) in [5, 5.41) is 0.631. The Morgan fingerprint density at radius 1 is 1.30 bits per heavy atom. The summed E-state index contributed by atoms with van der Waals surface area (Å²) in [5.74, 6) is 6.03. The highest BCUT2D eigenvalue weighted by Crippen LogP contribution is 2.38. The molecule has 4 nitrogen and oxygen atoms in total. The average molecular weight is 289 g/mol. The minimum atomic E-state index is -0.0405. The standard InChI is InChI=1S/C15H17ClN4/c16-11-6-7-13(19-9-11)15(20-17)12-5-1-3-10-4-2-8-18-14(10)12/h2,4,6-9,12,15,20H,1,3,5,17H2. The first-order valence-electron chi connectivity index (χ1n) is 6.81. The Balaban J connectivity index is 1.96. The van der Waals surface area contributed by atoms with Crippen molar-refractivity contribution in [3.8, 4) is 0 Å². The molecule has 5 heteroatoms. The number of hydrogen-bond acceptors (Lipinski definition) is 4. The molecule has 0 saturated carbocycles. The quantitative estimate of drug-likeness (QED) is 0.673. The van der Waals surface area contributed by atoms with Crippen LogP contribution < -0.4 is 11.3 Å². The van der Waals surface area contributed by atoms with E-state index in [1.165, 1.54) is 5.56 Å². The van der Waals surface area contributed by atoms with Crippen LogP contribution in [0.25, 0.3) is 0 Å². The molecule has 2 unspecified atom stereocenters. The molecule has 104 valence electrons. The van der Waals surface area contributed by atoms with E-state index in [4.69, 9.17) is 17.4 Å². The minimum Gasteiger partial charge on any atom is -0.271 e. The van der Waals surface area contributed by atoms with Crippen LogP contribution >= 0.6 is 11.6 Å². The molecule has 0 aliphatic heterocycles. The lowest BCUT2D eigenvalue weighted by atomic mass is 9.81. The maximum atomic E-state index is 5.90. The molecular weight excluding hydrogens is 272 g/mol. The van der Waals surface area contributed by atoms with Crippen molar-refractivity contribution in [2.75, 3.05) is 0 Å². The second kappa shape index (κ2) is 5.87. The van der Waals surface area contributed by atoms with Gasteiger partial charge in [-0.3, -0.25) is 21.2 Å². The van der Waals surface area contributed by atoms with Crippen LogP contribution in [0.4, 0.5) is 0 Å². The second-order valence-corrected chi connectivity index (χ2v) is 5.53. The first-order valence-corrected chi connectivity index (χ1v) is 7.19. The number of aromatic nitrogens is 2. The third kappa shape index (κ3) is 2.54. The van der Waals surface area contributed by atoms with Gasteiger partial charge >= 0.3 is 0 Å². The van der Waals surface area contributed by atoms with Crippen LogP contribution in [-0.4, -0.2) is 9.97 Å². The van der Waals surface area contributed by atoms with Gasteiger partial charge < -0.3 is 0 Å². The van der Waals surface area contributed by atoms with Gasteiger partial charge in [-0.1, -0.05) is 17.7 Å². The summed E-state index contributed by atoms with van der Waals surface area (Å²) in [7, 11) is 0. The molecular formula is C15H17ClN4. The zero-order chi connectivity index (χ0) is 13.9. The molecule has 2 aromatic rings. The number of hydrogen-bond donors (Lipinski definition) is 2. The second-order valence-electron chi connectivity index (χ2n) is 5.09. The largest absolute Gasteiger partial charge is 0.271 e. The van der Waals surface area contributed by atoms with Gasteiger partial charge in [0.2, 0.25) is 0 Å². The third-order valence-electron chi connectivity index (χ3n) is 3.89. The molecule has 0 amide bonds. The number of pyridine rings is 2. The molecule has 0 aromatic carbocycles. The van der Waals surface area contributed by atoms with E-state index in [0.717, 1.165) is 30.7 Å². The molecule has 0 radical (unpaired) electrons. The van der Waals surface area contributed by atoms with Crippen LogP contribution in [0, 0.1) is 0 Å². The average Bonchev–Trinajstić information content (AvgIpc) is 2.50. The minimum absolute atomic E-state index is 0.0405. The number of halogens is 1. The van der Waals surface area contributed by atoms with Crippen molar-refractivity contribution in [1.29, 1.82) is 0 Å². The summed E-state index contributed by atoms with van der Waals surface area (Å²) in [6.45, 7) is 0. The van der Waals surface area contributed by atoms with E-state index in [1.54, 1.807) is 6.20 Å². The number of hydrazine groups is 1. The van der Waals surface area contributed by atoms with Gasteiger partial charge in [0.15, 0.2) is 0 Å². The van der Waals surface area contributed by atoms with Crippen molar-refractivity contribution in [2.45, 2.75) is 31.2 Å². The summed E-state index contributed by atoms with van der Waals surface area (Å²) >= 11 is 5.90. The molecule has 0 saturated heterocycles.